The highest BCUT2D eigenvalue weighted by atomic mass is 31.2. The van der Waals surface area contributed by atoms with E-state index in [1.807, 2.05) is 128 Å². The Kier molecular flexibility index (Phi) is 13.4. The molecule has 1 spiro atoms. The summed E-state index contributed by atoms with van der Waals surface area (Å²) in [5, 5.41) is 4.21. The number of carbonyl (C=O) groups excluding carboxylic acids is 3. The van der Waals surface area contributed by atoms with Gasteiger partial charge in [0.1, 0.15) is 22.7 Å². The van der Waals surface area contributed by atoms with Gasteiger partial charge in [0.15, 0.2) is 28.5 Å². The maximum absolute atomic E-state index is 16.6. The summed E-state index contributed by atoms with van der Waals surface area (Å²) >= 11 is 0. The van der Waals surface area contributed by atoms with Crippen molar-refractivity contribution in [2.45, 2.75) is 129 Å². The average Bonchev–Trinajstić information content (AvgIpc) is 3.63. The molecule has 3 aliphatic carbocycles. The van der Waals surface area contributed by atoms with Crippen LogP contribution in [0.3, 0.4) is 0 Å². The molecule has 3 heterocycles. The molecule has 1 saturated heterocycles. The van der Waals surface area contributed by atoms with E-state index < -0.39 is 59.8 Å². The van der Waals surface area contributed by atoms with Gasteiger partial charge in [-0.2, -0.15) is 0 Å². The van der Waals surface area contributed by atoms with Gasteiger partial charge in [-0.15, -0.1) is 0 Å². The summed E-state index contributed by atoms with van der Waals surface area (Å²) in [6.45, 7) is 16.3. The van der Waals surface area contributed by atoms with E-state index >= 15 is 9.59 Å². The molecule has 4 bridgehead atoms. The lowest BCUT2D eigenvalue weighted by Crippen LogP contribution is -2.81. The SMILES string of the molecule is CC(C)=CCCC1(C)C=Cc2c(c(CC=C(C)C)c3c(c2OP(=O)(O)O)C(=O)C2C(N(C)Cc4cccc5ccccc45)C4CC5C(C)(C)OC(CC=C(C)C(=O)N(C)Cc6cccc7ccccc67)(C4=O)C25O3)O1. The fourth-order valence-electron chi connectivity index (χ4n) is 13.4. The zero-order valence-corrected chi connectivity index (χ0v) is 45.6. The van der Waals surface area contributed by atoms with Gasteiger partial charge in [-0.1, -0.05) is 114 Å². The number of Topliss-reactive ketones (excluding diaryl/α,β-unsaturated/α-hetero) is 2. The molecule has 6 aliphatic rings. The van der Waals surface area contributed by atoms with Crippen molar-refractivity contribution in [1.29, 1.82) is 0 Å². The third kappa shape index (κ3) is 8.90. The third-order valence-corrected chi connectivity index (χ3v) is 17.1. The van der Waals surface area contributed by atoms with Crippen molar-refractivity contribution in [1.82, 2.24) is 9.80 Å². The first-order valence-corrected chi connectivity index (χ1v) is 27.7. The fourth-order valence-corrected chi connectivity index (χ4v) is 13.8. The lowest BCUT2D eigenvalue weighted by atomic mass is 9.44. The Bertz CT molecular complexity index is 3350. The molecule has 5 aromatic carbocycles. The Balaban J connectivity index is 1.16. The van der Waals surface area contributed by atoms with E-state index in [1.54, 1.807) is 31.0 Å². The molecule has 0 aromatic heterocycles. The molecular formula is C62H69N2O10P. The number of likely N-dealkylation sites (N-methyl/N-ethyl adjacent to an activating group) is 1. The number of phosphoric ester groups is 1. The minimum Gasteiger partial charge on any atom is -0.482 e. The predicted octanol–water partition coefficient (Wildman–Crippen LogP) is 12.1. The minimum absolute atomic E-state index is 0.0452. The third-order valence-electron chi connectivity index (χ3n) is 16.7. The van der Waals surface area contributed by atoms with Gasteiger partial charge in [0.2, 0.25) is 5.91 Å². The molecular weight excluding hydrogens is 964 g/mol. The standard InChI is InChI=1S/C62H69N2O10P/c1-37(2)18-17-31-60(8)32-30-47-54(71-60)46(28-27-38(3)4)55-50(56(47)73-75(68,69)70)53(65)51-52(63(9)35-42-23-15-21-40-19-11-13-25-44(40)42)48-34-49-59(6,7)74-61(57(48)66,62(49,51)72-55)33-29-39(5)58(67)64(10)36-43-24-16-22-41-20-12-14-26-45(41)43/h11-16,18-27,29-30,32,48-49,51-52H,17,28,31,33-36H2,1-10H3,(H2,68,69,70). The number of allylic oxidation sites excluding steroid dienone is 4. The number of ketones is 2. The van der Waals surface area contributed by atoms with E-state index in [2.05, 4.69) is 35.2 Å². The second-order valence-electron chi connectivity index (χ2n) is 22.9. The van der Waals surface area contributed by atoms with Crippen molar-refractivity contribution in [3.63, 3.8) is 0 Å². The number of amides is 1. The van der Waals surface area contributed by atoms with Crippen LogP contribution in [0.4, 0.5) is 0 Å². The van der Waals surface area contributed by atoms with Crippen molar-refractivity contribution in [3.8, 4) is 17.2 Å². The fraction of sp³-hybridized carbons (Fsp3) is 0.403. The van der Waals surface area contributed by atoms with E-state index in [0.717, 1.165) is 43.8 Å². The van der Waals surface area contributed by atoms with Crippen molar-refractivity contribution in [2.24, 2.45) is 17.8 Å². The maximum atomic E-state index is 16.6. The molecule has 0 radical (unpaired) electrons. The Morgan fingerprint density at radius 3 is 2.04 bits per heavy atom. The quantitative estimate of drug-likeness (QED) is 0.0585. The Morgan fingerprint density at radius 2 is 1.41 bits per heavy atom. The number of ether oxygens (including phenoxy) is 3. The zero-order chi connectivity index (χ0) is 53.6. The number of phosphoric acid groups is 1. The van der Waals surface area contributed by atoms with Crippen LogP contribution in [0.5, 0.6) is 17.2 Å². The number of rotatable bonds is 15. The second-order valence-corrected chi connectivity index (χ2v) is 24.0. The van der Waals surface area contributed by atoms with Crippen LogP contribution in [-0.4, -0.2) is 79.6 Å². The summed E-state index contributed by atoms with van der Waals surface area (Å²) in [7, 11) is -1.66. The number of fused-ring (bicyclic) bond motifs is 4. The van der Waals surface area contributed by atoms with Crippen molar-refractivity contribution in [3.05, 3.63) is 154 Å². The molecule has 75 heavy (non-hydrogen) atoms. The summed E-state index contributed by atoms with van der Waals surface area (Å²) in [4.78, 5) is 72.5. The molecule has 11 rings (SSSR count). The van der Waals surface area contributed by atoms with Gasteiger partial charge < -0.3 is 23.6 Å². The van der Waals surface area contributed by atoms with Crippen molar-refractivity contribution < 1.29 is 47.5 Å². The Morgan fingerprint density at radius 1 is 0.800 bits per heavy atom. The highest BCUT2D eigenvalue weighted by Gasteiger charge is 2.86. The number of carbonyl (C=O) groups is 3. The number of hydrogen-bond donors (Lipinski definition) is 2. The summed E-state index contributed by atoms with van der Waals surface area (Å²) in [5.74, 6) is -3.34. The smallest absolute Gasteiger partial charge is 0.482 e. The topological polar surface area (TPSA) is 152 Å². The van der Waals surface area contributed by atoms with Gasteiger partial charge in [-0.25, -0.2) is 4.57 Å². The molecule has 4 fully saturated rings. The molecule has 12 nitrogen and oxygen atoms in total. The minimum atomic E-state index is -5.35. The van der Waals surface area contributed by atoms with Gasteiger partial charge >= 0.3 is 7.82 Å². The van der Waals surface area contributed by atoms with Crippen molar-refractivity contribution >= 4 is 52.9 Å². The highest BCUT2D eigenvalue weighted by Crippen LogP contribution is 2.71. The van der Waals surface area contributed by atoms with Crippen LogP contribution in [0.1, 0.15) is 114 Å². The number of nitrogens with zero attached hydrogens (tertiary/aromatic N) is 2. The van der Waals surface area contributed by atoms with E-state index in [-0.39, 0.29) is 52.9 Å². The molecule has 392 valence electrons. The first-order valence-electron chi connectivity index (χ1n) is 26.2. The van der Waals surface area contributed by atoms with Crippen molar-refractivity contribution in [2.75, 3.05) is 14.1 Å². The van der Waals surface area contributed by atoms with E-state index in [1.165, 1.54) is 0 Å². The molecule has 3 saturated carbocycles. The summed E-state index contributed by atoms with van der Waals surface area (Å²) in [6.07, 6.45) is 11.3. The summed E-state index contributed by atoms with van der Waals surface area (Å²) < 4.78 is 41.1. The van der Waals surface area contributed by atoms with E-state index in [4.69, 9.17) is 18.7 Å². The van der Waals surface area contributed by atoms with Gasteiger partial charge in [-0.05, 0) is 133 Å². The van der Waals surface area contributed by atoms with Crippen LogP contribution in [0.25, 0.3) is 27.6 Å². The van der Waals surface area contributed by atoms with Crippen LogP contribution >= 0.6 is 7.82 Å². The Hall–Kier alpha value is -6.14. The molecule has 3 aliphatic heterocycles. The molecule has 1 amide bonds. The zero-order valence-electron chi connectivity index (χ0n) is 44.7. The van der Waals surface area contributed by atoms with Gasteiger partial charge in [0.25, 0.3) is 0 Å². The van der Waals surface area contributed by atoms with Crippen LogP contribution in [-0.2, 0) is 38.4 Å². The first kappa shape index (κ1) is 52.3. The monoisotopic (exact) mass is 1030 g/mol. The first-order chi connectivity index (χ1) is 35.5. The number of hydrogen-bond acceptors (Lipinski definition) is 9. The lowest BCUT2D eigenvalue weighted by molar-refractivity contribution is -0.212. The van der Waals surface area contributed by atoms with E-state index in [9.17, 15) is 19.1 Å². The lowest BCUT2D eigenvalue weighted by Gasteiger charge is -2.64. The molecule has 7 unspecified atom stereocenters. The summed E-state index contributed by atoms with van der Waals surface area (Å²) in [5.41, 5.74) is -0.261. The average molecular weight is 1030 g/mol. The summed E-state index contributed by atoms with van der Waals surface area (Å²) in [6, 6.07) is 27.6. The Labute approximate surface area is 440 Å². The van der Waals surface area contributed by atoms with Crippen LogP contribution in [0, 0.1) is 17.8 Å². The molecule has 7 atom stereocenters. The normalized spacial score (nSPS) is 26.1. The van der Waals surface area contributed by atoms with Gasteiger partial charge in [0.05, 0.1) is 17.1 Å². The molecule has 13 heteroatoms. The number of benzene rings is 5. The second kappa shape index (κ2) is 19.2. The van der Waals surface area contributed by atoms with Crippen LogP contribution in [0.2, 0.25) is 0 Å². The van der Waals surface area contributed by atoms with Crippen LogP contribution < -0.4 is 14.0 Å². The maximum Gasteiger partial charge on any atom is 0.524 e. The molecule has 2 N–H and O–H groups in total. The van der Waals surface area contributed by atoms with Crippen LogP contribution in [0.15, 0.2) is 126 Å². The van der Waals surface area contributed by atoms with E-state index in [0.29, 0.717) is 43.5 Å². The predicted molar refractivity (Wildman–Crippen MR) is 293 cm³/mol. The largest absolute Gasteiger partial charge is 0.524 e. The van der Waals surface area contributed by atoms with Gasteiger partial charge in [-0.3, -0.25) is 29.1 Å². The highest BCUT2D eigenvalue weighted by molar-refractivity contribution is 7.46. The molecule has 5 aromatic rings. The van der Waals surface area contributed by atoms with Gasteiger partial charge in [0, 0.05) is 55.6 Å².